The summed E-state index contributed by atoms with van der Waals surface area (Å²) in [5, 5.41) is 19.4. The van der Waals surface area contributed by atoms with Crippen molar-refractivity contribution in [1.29, 1.82) is 0 Å². The van der Waals surface area contributed by atoms with E-state index in [2.05, 4.69) is 29.3 Å². The van der Waals surface area contributed by atoms with Crippen LogP contribution in [0.4, 0.5) is 5.69 Å². The second-order valence-corrected chi connectivity index (χ2v) is 6.98. The van der Waals surface area contributed by atoms with Crippen LogP contribution in [-0.2, 0) is 6.42 Å². The molecule has 7 nitrogen and oxygen atoms in total. The first-order chi connectivity index (χ1) is 13.1. The van der Waals surface area contributed by atoms with E-state index in [-0.39, 0.29) is 5.69 Å². The van der Waals surface area contributed by atoms with E-state index < -0.39 is 4.92 Å². The molecule has 0 spiro atoms. The summed E-state index contributed by atoms with van der Waals surface area (Å²) < 4.78 is 11.2. The van der Waals surface area contributed by atoms with Gasteiger partial charge in [0.05, 0.1) is 17.6 Å². The van der Waals surface area contributed by atoms with Gasteiger partial charge in [-0.2, -0.15) is 0 Å². The molecular weight excluding hydrogens is 366 g/mol. The van der Waals surface area contributed by atoms with Gasteiger partial charge in [-0.1, -0.05) is 55.1 Å². The number of ether oxygens (including phenoxy) is 1. The summed E-state index contributed by atoms with van der Waals surface area (Å²) in [6, 6.07) is 16.3. The minimum Gasteiger partial charge on any atom is -0.492 e. The van der Waals surface area contributed by atoms with E-state index in [1.165, 1.54) is 29.5 Å². The monoisotopic (exact) mass is 385 g/mol. The summed E-state index contributed by atoms with van der Waals surface area (Å²) >= 11 is 1.39. The molecule has 8 heteroatoms. The topological polar surface area (TPSA) is 91.3 Å². The third-order valence-corrected chi connectivity index (χ3v) is 4.69. The fraction of sp³-hybridized carbons (Fsp3) is 0.263. The molecular formula is C19H19N3O4S. The van der Waals surface area contributed by atoms with Crippen LogP contribution in [0.15, 0.2) is 64.2 Å². The van der Waals surface area contributed by atoms with E-state index in [0.29, 0.717) is 41.6 Å². The van der Waals surface area contributed by atoms with Crippen LogP contribution in [0, 0.1) is 10.1 Å². The van der Waals surface area contributed by atoms with Gasteiger partial charge in [0.15, 0.2) is 0 Å². The summed E-state index contributed by atoms with van der Waals surface area (Å²) in [5.41, 5.74) is 1.24. The maximum absolute atomic E-state index is 10.8. The number of hydrogen-bond acceptors (Lipinski definition) is 7. The number of nitro groups is 1. The molecule has 1 atom stereocenters. The number of nitrogens with zero attached hydrogens (tertiary/aromatic N) is 3. The highest BCUT2D eigenvalue weighted by molar-refractivity contribution is 7.99. The third-order valence-electron chi connectivity index (χ3n) is 3.90. The van der Waals surface area contributed by atoms with Crippen LogP contribution in [0.3, 0.4) is 0 Å². The Hall–Kier alpha value is -2.87. The molecule has 1 unspecified atom stereocenters. The standard InChI is InChI=1S/C19H19N3O4S/c1-14(15-6-3-2-4-7-15)12-18-20-21-19(26-18)27-11-10-25-17-9-5-8-16(13-17)22(23)24/h2-9,13-14H,10-12H2,1H3. The average molecular weight is 385 g/mol. The van der Waals surface area contributed by atoms with Crippen molar-refractivity contribution in [2.24, 2.45) is 0 Å². The van der Waals surface area contributed by atoms with Gasteiger partial charge >= 0.3 is 0 Å². The lowest BCUT2D eigenvalue weighted by Crippen LogP contribution is -2.00. The number of thioether (sulfide) groups is 1. The second kappa shape index (κ2) is 9.18. The summed E-state index contributed by atoms with van der Waals surface area (Å²) in [6.07, 6.45) is 0.682. The van der Waals surface area contributed by atoms with Crippen molar-refractivity contribution in [2.75, 3.05) is 12.4 Å². The van der Waals surface area contributed by atoms with Crippen LogP contribution >= 0.6 is 11.8 Å². The number of hydrogen-bond donors (Lipinski definition) is 0. The zero-order valence-electron chi connectivity index (χ0n) is 14.8. The zero-order valence-corrected chi connectivity index (χ0v) is 15.6. The summed E-state index contributed by atoms with van der Waals surface area (Å²) in [4.78, 5) is 10.3. The fourth-order valence-corrected chi connectivity index (χ4v) is 3.11. The van der Waals surface area contributed by atoms with Gasteiger partial charge in [0, 0.05) is 18.2 Å². The molecule has 1 heterocycles. The molecule has 27 heavy (non-hydrogen) atoms. The molecule has 3 rings (SSSR count). The molecule has 0 N–H and O–H groups in total. The highest BCUT2D eigenvalue weighted by atomic mass is 32.2. The Kier molecular flexibility index (Phi) is 6.43. The Morgan fingerprint density at radius 2 is 2.00 bits per heavy atom. The molecule has 140 valence electrons. The first kappa shape index (κ1) is 18.9. The SMILES string of the molecule is CC(Cc1nnc(SCCOc2cccc([N+](=O)[O-])c2)o1)c1ccccc1. The molecule has 0 amide bonds. The Bertz CT molecular complexity index is 885. The van der Waals surface area contributed by atoms with Gasteiger partial charge in [0.2, 0.25) is 5.89 Å². The van der Waals surface area contributed by atoms with Gasteiger partial charge in [-0.05, 0) is 17.5 Å². The lowest BCUT2D eigenvalue weighted by Gasteiger charge is -2.08. The Morgan fingerprint density at radius 3 is 2.78 bits per heavy atom. The number of rotatable bonds is 9. The van der Waals surface area contributed by atoms with E-state index in [1.54, 1.807) is 12.1 Å². The molecule has 0 fully saturated rings. The fourth-order valence-electron chi connectivity index (χ4n) is 2.52. The maximum Gasteiger partial charge on any atom is 0.276 e. The van der Waals surface area contributed by atoms with Crippen LogP contribution in [0.2, 0.25) is 0 Å². The molecule has 0 saturated heterocycles. The van der Waals surface area contributed by atoms with Gasteiger partial charge in [-0.15, -0.1) is 10.2 Å². The van der Waals surface area contributed by atoms with E-state index in [4.69, 9.17) is 9.15 Å². The van der Waals surface area contributed by atoms with E-state index in [1.807, 2.05) is 18.2 Å². The lowest BCUT2D eigenvalue weighted by molar-refractivity contribution is -0.384. The van der Waals surface area contributed by atoms with Gasteiger partial charge < -0.3 is 9.15 Å². The zero-order chi connectivity index (χ0) is 19.1. The molecule has 0 radical (unpaired) electrons. The molecule has 0 aliphatic heterocycles. The van der Waals surface area contributed by atoms with E-state index in [9.17, 15) is 10.1 Å². The molecule has 3 aromatic rings. The van der Waals surface area contributed by atoms with Crippen molar-refractivity contribution in [1.82, 2.24) is 10.2 Å². The van der Waals surface area contributed by atoms with Gasteiger partial charge in [0.25, 0.3) is 10.9 Å². The smallest absolute Gasteiger partial charge is 0.276 e. The minimum atomic E-state index is -0.446. The Morgan fingerprint density at radius 1 is 1.19 bits per heavy atom. The molecule has 0 saturated carbocycles. The van der Waals surface area contributed by atoms with Crippen molar-refractivity contribution in [2.45, 2.75) is 24.5 Å². The first-order valence-corrected chi connectivity index (χ1v) is 9.48. The second-order valence-electron chi connectivity index (χ2n) is 5.93. The van der Waals surface area contributed by atoms with Gasteiger partial charge in [0.1, 0.15) is 5.75 Å². The normalized spacial score (nSPS) is 11.9. The Balaban J connectivity index is 1.44. The van der Waals surface area contributed by atoms with Crippen LogP contribution in [0.25, 0.3) is 0 Å². The van der Waals surface area contributed by atoms with Crippen molar-refractivity contribution in [3.05, 3.63) is 76.2 Å². The van der Waals surface area contributed by atoms with Crippen molar-refractivity contribution in [3.8, 4) is 5.75 Å². The highest BCUT2D eigenvalue weighted by Gasteiger charge is 2.13. The predicted octanol–water partition coefficient (Wildman–Crippen LogP) is 4.50. The van der Waals surface area contributed by atoms with Crippen LogP contribution in [0.5, 0.6) is 5.75 Å². The van der Waals surface area contributed by atoms with Crippen LogP contribution in [-0.4, -0.2) is 27.5 Å². The molecule has 1 aromatic heterocycles. The average Bonchev–Trinajstić information content (AvgIpc) is 3.13. The number of nitro benzene ring substituents is 1. The van der Waals surface area contributed by atoms with E-state index >= 15 is 0 Å². The molecule has 0 bridgehead atoms. The molecule has 0 aliphatic carbocycles. The quantitative estimate of drug-likeness (QED) is 0.232. The first-order valence-electron chi connectivity index (χ1n) is 8.49. The number of aromatic nitrogens is 2. The van der Waals surface area contributed by atoms with E-state index in [0.717, 1.165) is 0 Å². The van der Waals surface area contributed by atoms with Crippen LogP contribution < -0.4 is 4.74 Å². The maximum atomic E-state index is 10.8. The summed E-state index contributed by atoms with van der Waals surface area (Å²) in [7, 11) is 0. The largest absolute Gasteiger partial charge is 0.492 e. The van der Waals surface area contributed by atoms with Crippen molar-refractivity contribution < 1.29 is 14.1 Å². The van der Waals surface area contributed by atoms with Crippen molar-refractivity contribution >= 4 is 17.4 Å². The minimum absolute atomic E-state index is 0.00855. The molecule has 0 aliphatic rings. The third kappa shape index (κ3) is 5.55. The number of benzene rings is 2. The molecule has 2 aromatic carbocycles. The Labute approximate surface area is 160 Å². The summed E-state index contributed by atoms with van der Waals surface area (Å²) in [6.45, 7) is 2.50. The predicted molar refractivity (Wildman–Crippen MR) is 102 cm³/mol. The number of non-ortho nitro benzene ring substituents is 1. The van der Waals surface area contributed by atoms with Gasteiger partial charge in [-0.3, -0.25) is 10.1 Å². The highest BCUT2D eigenvalue weighted by Crippen LogP contribution is 2.23. The van der Waals surface area contributed by atoms with Gasteiger partial charge in [-0.25, -0.2) is 0 Å². The van der Waals surface area contributed by atoms with Crippen LogP contribution in [0.1, 0.15) is 24.3 Å². The lowest BCUT2D eigenvalue weighted by atomic mass is 9.98. The van der Waals surface area contributed by atoms with Crippen molar-refractivity contribution in [3.63, 3.8) is 0 Å². The summed E-state index contributed by atoms with van der Waals surface area (Å²) in [5.74, 6) is 1.96.